The van der Waals surface area contributed by atoms with Gasteiger partial charge < -0.3 is 11.1 Å². The molecule has 3 N–H and O–H groups in total. The van der Waals surface area contributed by atoms with Gasteiger partial charge in [0.05, 0.1) is 16.8 Å². The number of likely N-dealkylation sites (tertiary alicyclic amines) is 1. The van der Waals surface area contributed by atoms with Crippen LogP contribution in [0.1, 0.15) is 43.6 Å². The van der Waals surface area contributed by atoms with Gasteiger partial charge >= 0.3 is 6.18 Å². The van der Waals surface area contributed by atoms with E-state index in [1.54, 1.807) is 48.8 Å². The Labute approximate surface area is 287 Å². The molecule has 50 heavy (non-hydrogen) atoms. The van der Waals surface area contributed by atoms with Crippen molar-refractivity contribution in [1.29, 1.82) is 5.26 Å². The molecule has 0 atom stereocenters. The molecule has 0 saturated carbocycles. The maximum atomic E-state index is 13.9. The largest absolute Gasteiger partial charge is 0.417 e. The van der Waals surface area contributed by atoms with Crippen LogP contribution in [0.2, 0.25) is 0 Å². The van der Waals surface area contributed by atoms with Crippen LogP contribution in [0.15, 0.2) is 91.3 Å². The summed E-state index contributed by atoms with van der Waals surface area (Å²) >= 11 is 0. The zero-order chi connectivity index (χ0) is 35.3. The van der Waals surface area contributed by atoms with Crippen molar-refractivity contribution in [1.82, 2.24) is 34.4 Å². The molecule has 7 rings (SSSR count). The van der Waals surface area contributed by atoms with Crippen LogP contribution in [-0.4, -0.2) is 53.5 Å². The lowest BCUT2D eigenvalue weighted by molar-refractivity contribution is -0.137. The van der Waals surface area contributed by atoms with E-state index >= 15 is 0 Å². The minimum absolute atomic E-state index is 0.0135. The average molecular weight is 677 g/mol. The van der Waals surface area contributed by atoms with Gasteiger partial charge in [-0.15, -0.1) is 0 Å². The Morgan fingerprint density at radius 3 is 2.32 bits per heavy atom. The van der Waals surface area contributed by atoms with Gasteiger partial charge in [-0.2, -0.15) is 18.4 Å². The lowest BCUT2D eigenvalue weighted by atomic mass is 10.0. The van der Waals surface area contributed by atoms with Gasteiger partial charge in [0.25, 0.3) is 0 Å². The number of nitrogens with two attached hydrogens (primary N) is 1. The number of benzene rings is 2. The minimum Gasteiger partial charge on any atom is -0.383 e. The molecule has 10 nitrogen and oxygen atoms in total. The molecule has 4 aromatic heterocycles. The molecule has 1 aliphatic rings. The summed E-state index contributed by atoms with van der Waals surface area (Å²) in [6.07, 6.45) is 0.475. The SMILES string of the molecule is CC.N#Cc1nccc(NC2CCN(Cc3ccc(-n4c(-c5cccnc5N)nc5ccc(-c6ccccc6C(F)(F)F)nc54)cc3)CC2)n1. The maximum Gasteiger partial charge on any atom is 0.417 e. The average Bonchev–Trinajstić information content (AvgIpc) is 3.52. The van der Waals surface area contributed by atoms with E-state index in [1.807, 2.05) is 48.7 Å². The first-order valence-corrected chi connectivity index (χ1v) is 16.3. The highest BCUT2D eigenvalue weighted by atomic mass is 19.4. The number of fused-ring (bicyclic) bond motifs is 1. The van der Waals surface area contributed by atoms with Gasteiger partial charge in [-0.3, -0.25) is 9.47 Å². The summed E-state index contributed by atoms with van der Waals surface area (Å²) in [5, 5.41) is 12.5. The number of piperidine rings is 1. The van der Waals surface area contributed by atoms with E-state index in [4.69, 9.17) is 21.0 Å². The molecule has 0 unspecified atom stereocenters. The van der Waals surface area contributed by atoms with Gasteiger partial charge in [0.15, 0.2) is 11.5 Å². The van der Waals surface area contributed by atoms with E-state index in [9.17, 15) is 13.2 Å². The van der Waals surface area contributed by atoms with E-state index in [0.29, 0.717) is 28.4 Å². The predicted octanol–water partition coefficient (Wildman–Crippen LogP) is 7.51. The topological polar surface area (TPSA) is 134 Å². The van der Waals surface area contributed by atoms with Crippen molar-refractivity contribution in [3.63, 3.8) is 0 Å². The van der Waals surface area contributed by atoms with Crippen LogP contribution < -0.4 is 11.1 Å². The van der Waals surface area contributed by atoms with Gasteiger partial charge in [0.1, 0.15) is 23.2 Å². The lowest BCUT2D eigenvalue weighted by Crippen LogP contribution is -2.38. The third kappa shape index (κ3) is 7.25. The quantitative estimate of drug-likeness (QED) is 0.176. The molecule has 13 heteroatoms. The number of nitrogens with zero attached hydrogens (tertiary/aromatic N) is 8. The molecule has 2 aromatic carbocycles. The van der Waals surface area contributed by atoms with Crippen molar-refractivity contribution in [3.8, 4) is 34.4 Å². The number of nitrogen functional groups attached to an aromatic ring is 1. The summed E-state index contributed by atoms with van der Waals surface area (Å²) in [6.45, 7) is 6.53. The highest BCUT2D eigenvalue weighted by Gasteiger charge is 2.34. The summed E-state index contributed by atoms with van der Waals surface area (Å²) in [7, 11) is 0. The van der Waals surface area contributed by atoms with Crippen molar-refractivity contribution in [3.05, 3.63) is 108 Å². The van der Waals surface area contributed by atoms with Crippen LogP contribution in [0.5, 0.6) is 0 Å². The molecule has 1 aliphatic heterocycles. The molecule has 1 fully saturated rings. The molecule has 254 valence electrons. The number of nitriles is 1. The Bertz CT molecular complexity index is 2130. The number of alkyl halides is 3. The number of aromatic nitrogens is 6. The standard InChI is InChI=1S/C35H29F3N10.C2H6/c36-35(37,38)27-6-2-1-4-25(27)28-11-12-29-34(44-28)48(33(45-29)26-5-3-16-42-32(26)40)24-9-7-22(8-10-24)21-47-18-14-23(15-19-47)43-30-13-17-41-31(20-39)46-30;1-2/h1-13,16-17,23H,14-15,18-19,21H2,(H2,40,42)(H,41,43,46);1-2H3. The predicted molar refractivity (Wildman–Crippen MR) is 187 cm³/mol. The minimum atomic E-state index is -4.54. The number of pyridine rings is 2. The van der Waals surface area contributed by atoms with E-state index in [-0.39, 0.29) is 28.9 Å². The third-order valence-corrected chi connectivity index (χ3v) is 8.39. The first-order chi connectivity index (χ1) is 24.3. The molecule has 0 aliphatic carbocycles. The summed E-state index contributed by atoms with van der Waals surface area (Å²) in [4.78, 5) is 24.3. The fraction of sp³-hybridized carbons (Fsp3) is 0.243. The van der Waals surface area contributed by atoms with E-state index < -0.39 is 11.7 Å². The van der Waals surface area contributed by atoms with Crippen LogP contribution in [0, 0.1) is 11.3 Å². The Morgan fingerprint density at radius 2 is 1.60 bits per heavy atom. The molecule has 0 radical (unpaired) electrons. The first kappa shape index (κ1) is 34.0. The Kier molecular flexibility index (Phi) is 10.0. The van der Waals surface area contributed by atoms with Crippen molar-refractivity contribution in [2.24, 2.45) is 0 Å². The number of halogens is 3. The number of anilines is 2. The van der Waals surface area contributed by atoms with Gasteiger partial charge in [-0.05, 0) is 66.9 Å². The van der Waals surface area contributed by atoms with Crippen LogP contribution >= 0.6 is 0 Å². The summed E-state index contributed by atoms with van der Waals surface area (Å²) in [6, 6.07) is 24.2. The summed E-state index contributed by atoms with van der Waals surface area (Å²) < 4.78 is 43.6. The normalized spacial score (nSPS) is 13.8. The van der Waals surface area contributed by atoms with Crippen molar-refractivity contribution in [2.75, 3.05) is 24.1 Å². The monoisotopic (exact) mass is 676 g/mol. The molecule has 0 bridgehead atoms. The van der Waals surface area contributed by atoms with Gasteiger partial charge in [-0.25, -0.2) is 24.9 Å². The maximum absolute atomic E-state index is 13.9. The number of nitrogens with one attached hydrogen (secondary N) is 1. The van der Waals surface area contributed by atoms with Crippen LogP contribution in [0.4, 0.5) is 24.8 Å². The zero-order valence-corrected chi connectivity index (χ0v) is 27.6. The highest BCUT2D eigenvalue weighted by Crippen LogP contribution is 2.38. The molecular formula is C37H35F3N10. The van der Waals surface area contributed by atoms with Gasteiger partial charge in [0.2, 0.25) is 5.82 Å². The van der Waals surface area contributed by atoms with Crippen molar-refractivity contribution >= 4 is 22.8 Å². The Hall–Kier alpha value is -5.87. The summed E-state index contributed by atoms with van der Waals surface area (Å²) in [5.74, 6) is 1.55. The highest BCUT2D eigenvalue weighted by molar-refractivity contribution is 5.85. The van der Waals surface area contributed by atoms with E-state index in [2.05, 4.69) is 25.2 Å². The molecule has 0 spiro atoms. The van der Waals surface area contributed by atoms with Crippen LogP contribution in [0.25, 0.3) is 39.5 Å². The number of rotatable bonds is 7. The van der Waals surface area contributed by atoms with Crippen molar-refractivity contribution in [2.45, 2.75) is 45.5 Å². The number of hydrogen-bond donors (Lipinski definition) is 2. The second-order valence-corrected chi connectivity index (χ2v) is 11.5. The fourth-order valence-corrected chi connectivity index (χ4v) is 6.04. The first-order valence-electron chi connectivity index (χ1n) is 16.3. The second kappa shape index (κ2) is 14.7. The summed E-state index contributed by atoms with van der Waals surface area (Å²) in [5.41, 5.74) is 9.01. The second-order valence-electron chi connectivity index (χ2n) is 11.5. The lowest BCUT2D eigenvalue weighted by Gasteiger charge is -2.32. The van der Waals surface area contributed by atoms with Crippen LogP contribution in [-0.2, 0) is 12.7 Å². The Morgan fingerprint density at radius 1 is 0.860 bits per heavy atom. The van der Waals surface area contributed by atoms with E-state index in [1.165, 1.54) is 12.1 Å². The third-order valence-electron chi connectivity index (χ3n) is 8.39. The molecule has 5 heterocycles. The van der Waals surface area contributed by atoms with Gasteiger partial charge in [-0.1, -0.05) is 44.2 Å². The van der Waals surface area contributed by atoms with Crippen LogP contribution in [0.3, 0.4) is 0 Å². The fourth-order valence-electron chi connectivity index (χ4n) is 6.04. The number of hydrogen-bond acceptors (Lipinski definition) is 9. The molecule has 0 amide bonds. The smallest absolute Gasteiger partial charge is 0.383 e. The molecular weight excluding hydrogens is 641 g/mol. The van der Waals surface area contributed by atoms with E-state index in [0.717, 1.165) is 49.8 Å². The zero-order valence-electron chi connectivity index (χ0n) is 27.6. The molecule has 6 aromatic rings. The number of imidazole rings is 1. The van der Waals surface area contributed by atoms with Crippen molar-refractivity contribution < 1.29 is 13.2 Å². The molecule has 1 saturated heterocycles. The Balaban J connectivity index is 0.00000212. The van der Waals surface area contributed by atoms with Gasteiger partial charge in [0, 0.05) is 49.3 Å².